The van der Waals surface area contributed by atoms with Gasteiger partial charge in [-0.15, -0.1) is 34.2 Å². The highest BCUT2D eigenvalue weighted by Gasteiger charge is 2.30. The highest BCUT2D eigenvalue weighted by molar-refractivity contribution is 14.0. The highest BCUT2D eigenvalue weighted by Crippen LogP contribution is 2.27. The summed E-state index contributed by atoms with van der Waals surface area (Å²) in [4.78, 5) is 19.1. The molecule has 1 saturated heterocycles. The molecule has 3 rings (SSSR count). The van der Waals surface area contributed by atoms with Gasteiger partial charge in [-0.05, 0) is 32.6 Å². The zero-order valence-corrected chi connectivity index (χ0v) is 20.1. The molecule has 28 heavy (non-hydrogen) atoms. The van der Waals surface area contributed by atoms with E-state index in [0.29, 0.717) is 18.5 Å². The minimum Gasteiger partial charge on any atom is -0.354 e. The van der Waals surface area contributed by atoms with E-state index in [-0.39, 0.29) is 29.9 Å². The van der Waals surface area contributed by atoms with Crippen LogP contribution in [-0.2, 0) is 18.4 Å². The number of amides is 1. The van der Waals surface area contributed by atoms with E-state index in [2.05, 4.69) is 30.7 Å². The summed E-state index contributed by atoms with van der Waals surface area (Å²) < 4.78 is 1.97. The molecule has 1 aliphatic carbocycles. The molecule has 1 aromatic rings. The number of halogens is 1. The first kappa shape index (κ1) is 23.2. The van der Waals surface area contributed by atoms with Gasteiger partial charge >= 0.3 is 0 Å². The second-order valence-corrected chi connectivity index (χ2v) is 8.50. The molecule has 0 bridgehead atoms. The Balaban J connectivity index is 0.00000280. The minimum absolute atomic E-state index is 0. The van der Waals surface area contributed by atoms with Crippen LogP contribution >= 0.6 is 35.7 Å². The maximum absolute atomic E-state index is 12.7. The lowest BCUT2D eigenvalue weighted by atomic mass is 9.85. The number of rotatable bonds is 4. The number of thioether (sulfide) groups is 1. The molecule has 0 unspecified atom stereocenters. The van der Waals surface area contributed by atoms with Crippen LogP contribution in [0.5, 0.6) is 0 Å². The molecule has 8 nitrogen and oxygen atoms in total. The number of hydrogen-bond donors (Lipinski definition) is 2. The third-order valence-electron chi connectivity index (χ3n) is 5.56. The maximum Gasteiger partial charge on any atom is 0.225 e. The summed E-state index contributed by atoms with van der Waals surface area (Å²) >= 11 is 1.94. The summed E-state index contributed by atoms with van der Waals surface area (Å²) in [5.41, 5.74) is 0. The van der Waals surface area contributed by atoms with Gasteiger partial charge in [0.05, 0.1) is 6.54 Å². The molecule has 1 amide bonds. The number of aryl methyl sites for hydroxylation is 1. The lowest BCUT2D eigenvalue weighted by Crippen LogP contribution is -2.47. The number of carbonyl (C=O) groups is 1. The highest BCUT2D eigenvalue weighted by atomic mass is 127. The second-order valence-electron chi connectivity index (χ2n) is 7.28. The fourth-order valence-corrected chi connectivity index (χ4v) is 4.59. The van der Waals surface area contributed by atoms with Gasteiger partial charge in [0.15, 0.2) is 11.8 Å². The molecular weight excluding hydrogens is 489 g/mol. The van der Waals surface area contributed by atoms with Crippen LogP contribution in [-0.4, -0.2) is 69.2 Å². The molecule has 1 saturated carbocycles. The van der Waals surface area contributed by atoms with Crippen LogP contribution in [0.25, 0.3) is 0 Å². The summed E-state index contributed by atoms with van der Waals surface area (Å²) in [6.07, 6.45) is 3.92. The topological polar surface area (TPSA) is 87.4 Å². The van der Waals surface area contributed by atoms with Crippen LogP contribution in [0.1, 0.15) is 37.3 Å². The number of nitrogens with zero attached hydrogens (tertiary/aromatic N) is 5. The predicted octanol–water partition coefficient (Wildman–Crippen LogP) is 1.54. The molecule has 0 radical (unpaired) electrons. The third kappa shape index (κ3) is 5.98. The maximum atomic E-state index is 12.7. The van der Waals surface area contributed by atoms with Crippen molar-refractivity contribution in [1.82, 2.24) is 30.3 Å². The number of aliphatic imine (C=N–C) groups is 1. The summed E-state index contributed by atoms with van der Waals surface area (Å²) in [5, 5.41) is 15.0. The van der Waals surface area contributed by atoms with E-state index in [1.54, 1.807) is 7.05 Å². The van der Waals surface area contributed by atoms with E-state index >= 15 is 0 Å². The van der Waals surface area contributed by atoms with Crippen molar-refractivity contribution in [2.24, 2.45) is 18.0 Å². The van der Waals surface area contributed by atoms with Crippen LogP contribution in [0.15, 0.2) is 4.99 Å². The Morgan fingerprint density at radius 3 is 2.46 bits per heavy atom. The fraction of sp³-hybridized carbons (Fsp3) is 0.778. The number of aromatic nitrogens is 3. The Morgan fingerprint density at radius 2 is 1.89 bits per heavy atom. The first-order valence-corrected chi connectivity index (χ1v) is 10.9. The average Bonchev–Trinajstić information content (AvgIpc) is 3.03. The number of guanidine groups is 1. The van der Waals surface area contributed by atoms with Crippen LogP contribution in [0, 0.1) is 12.8 Å². The first-order chi connectivity index (χ1) is 13.1. The van der Waals surface area contributed by atoms with Gasteiger partial charge in [-0.3, -0.25) is 9.79 Å². The van der Waals surface area contributed by atoms with Crippen molar-refractivity contribution in [3.05, 3.63) is 11.6 Å². The van der Waals surface area contributed by atoms with Gasteiger partial charge in [0.1, 0.15) is 5.82 Å². The van der Waals surface area contributed by atoms with Gasteiger partial charge in [0.2, 0.25) is 5.91 Å². The Kier molecular flexibility index (Phi) is 9.32. The predicted molar refractivity (Wildman–Crippen MR) is 124 cm³/mol. The Hall–Kier alpha value is -1.04. The van der Waals surface area contributed by atoms with E-state index in [9.17, 15) is 4.79 Å². The van der Waals surface area contributed by atoms with E-state index in [4.69, 9.17) is 0 Å². The van der Waals surface area contributed by atoms with Crippen molar-refractivity contribution in [3.8, 4) is 0 Å². The van der Waals surface area contributed by atoms with Crippen molar-refractivity contribution in [2.75, 3.05) is 31.6 Å². The van der Waals surface area contributed by atoms with Gasteiger partial charge in [0.25, 0.3) is 0 Å². The molecule has 1 aromatic heterocycles. The van der Waals surface area contributed by atoms with Crippen LogP contribution in [0.2, 0.25) is 0 Å². The van der Waals surface area contributed by atoms with Crippen LogP contribution in [0.3, 0.4) is 0 Å². The summed E-state index contributed by atoms with van der Waals surface area (Å²) in [5.74, 6) is 5.27. The van der Waals surface area contributed by atoms with Crippen molar-refractivity contribution in [1.29, 1.82) is 0 Å². The molecule has 0 spiro atoms. The van der Waals surface area contributed by atoms with Gasteiger partial charge in [-0.2, -0.15) is 11.8 Å². The lowest BCUT2D eigenvalue weighted by molar-refractivity contribution is -0.136. The molecule has 1 aliphatic heterocycles. The molecule has 2 fully saturated rings. The lowest BCUT2D eigenvalue weighted by Gasteiger charge is -2.34. The van der Waals surface area contributed by atoms with Crippen molar-refractivity contribution in [2.45, 2.75) is 45.2 Å². The molecular formula is C18H32IN7OS. The van der Waals surface area contributed by atoms with Crippen molar-refractivity contribution in [3.63, 3.8) is 0 Å². The summed E-state index contributed by atoms with van der Waals surface area (Å²) in [6, 6.07) is 0.360. The molecule has 2 N–H and O–H groups in total. The molecule has 158 valence electrons. The minimum atomic E-state index is 0. The average molecular weight is 521 g/mol. The molecule has 2 heterocycles. The summed E-state index contributed by atoms with van der Waals surface area (Å²) in [6.45, 7) is 4.35. The number of nitrogens with one attached hydrogen (secondary N) is 2. The Morgan fingerprint density at radius 1 is 1.21 bits per heavy atom. The monoisotopic (exact) mass is 521 g/mol. The zero-order chi connectivity index (χ0) is 19.2. The van der Waals surface area contributed by atoms with Crippen molar-refractivity contribution >= 4 is 47.6 Å². The Bertz CT molecular complexity index is 667. The fourth-order valence-electron chi connectivity index (χ4n) is 3.68. The van der Waals surface area contributed by atoms with Crippen LogP contribution in [0.4, 0.5) is 0 Å². The van der Waals surface area contributed by atoms with Gasteiger partial charge in [0, 0.05) is 50.7 Å². The van der Waals surface area contributed by atoms with Crippen LogP contribution < -0.4 is 10.6 Å². The molecule has 2 aliphatic rings. The SMILES string of the molecule is CN=C(NCc1nnc(C)n1C)NC1CCC(C(=O)N2CCSCC2)CC1.I. The second kappa shape index (κ2) is 11.2. The molecule has 0 aromatic carbocycles. The van der Waals surface area contributed by atoms with E-state index < -0.39 is 0 Å². The van der Waals surface area contributed by atoms with Gasteiger partial charge in [-0.1, -0.05) is 0 Å². The van der Waals surface area contributed by atoms with Gasteiger partial charge < -0.3 is 20.1 Å². The van der Waals surface area contributed by atoms with E-state index in [1.807, 2.05) is 30.3 Å². The smallest absolute Gasteiger partial charge is 0.225 e. The molecule has 10 heteroatoms. The van der Waals surface area contributed by atoms with E-state index in [1.165, 1.54) is 0 Å². The quantitative estimate of drug-likeness (QED) is 0.355. The van der Waals surface area contributed by atoms with E-state index in [0.717, 1.165) is 67.9 Å². The largest absolute Gasteiger partial charge is 0.354 e. The Labute approximate surface area is 188 Å². The standard InChI is InChI=1S/C18H31N7OS.HI/c1-13-22-23-16(24(13)3)12-20-18(19-2)21-15-6-4-14(5-7-15)17(26)25-8-10-27-11-9-25;/h14-15H,4-12H2,1-3H3,(H2,19,20,21);1H. The van der Waals surface area contributed by atoms with Gasteiger partial charge in [-0.25, -0.2) is 0 Å². The first-order valence-electron chi connectivity index (χ1n) is 9.77. The normalized spacial score (nSPS) is 23.1. The summed E-state index contributed by atoms with van der Waals surface area (Å²) in [7, 11) is 3.74. The third-order valence-corrected chi connectivity index (χ3v) is 6.50. The number of hydrogen-bond acceptors (Lipinski definition) is 5. The zero-order valence-electron chi connectivity index (χ0n) is 17.0. The number of carbonyl (C=O) groups excluding carboxylic acids is 1. The molecule has 0 atom stereocenters. The van der Waals surface area contributed by atoms with Crippen molar-refractivity contribution < 1.29 is 4.79 Å².